The monoisotopic (exact) mass is 206 g/mol. The summed E-state index contributed by atoms with van der Waals surface area (Å²) in [5, 5.41) is 9.36. The largest absolute Gasteiger partial charge is 0.508 e. The third-order valence-electron chi connectivity index (χ3n) is 3.18. The van der Waals surface area contributed by atoms with Gasteiger partial charge in [0.05, 0.1) is 6.61 Å². The summed E-state index contributed by atoms with van der Waals surface area (Å²) in [7, 11) is 0. The molecule has 0 bridgehead atoms. The van der Waals surface area contributed by atoms with Crippen LogP contribution in [0.1, 0.15) is 24.8 Å². The van der Waals surface area contributed by atoms with Crippen LogP contribution in [0.4, 0.5) is 0 Å². The smallest absolute Gasteiger partial charge is 0.210 e. The minimum atomic E-state index is -0.371. The topological polar surface area (TPSA) is 38.7 Å². The third kappa shape index (κ3) is 1.47. The summed E-state index contributed by atoms with van der Waals surface area (Å²) in [6, 6.07) is 5.26. The van der Waals surface area contributed by atoms with Gasteiger partial charge < -0.3 is 14.6 Å². The number of hydrogen-bond donors (Lipinski definition) is 1. The first-order valence-electron chi connectivity index (χ1n) is 5.42. The molecule has 1 aromatic carbocycles. The highest BCUT2D eigenvalue weighted by atomic mass is 16.7. The Bertz CT molecular complexity index is 380. The molecule has 1 spiro atoms. The molecule has 1 atom stereocenters. The van der Waals surface area contributed by atoms with Gasteiger partial charge in [-0.15, -0.1) is 0 Å². The molecular weight excluding hydrogens is 192 g/mol. The van der Waals surface area contributed by atoms with Gasteiger partial charge >= 0.3 is 0 Å². The summed E-state index contributed by atoms with van der Waals surface area (Å²) < 4.78 is 11.6. The second-order valence-corrected chi connectivity index (χ2v) is 4.26. The van der Waals surface area contributed by atoms with Gasteiger partial charge in [-0.05, 0) is 36.6 Å². The average molecular weight is 206 g/mol. The van der Waals surface area contributed by atoms with Crippen LogP contribution in [0.5, 0.6) is 11.5 Å². The van der Waals surface area contributed by atoms with Crippen LogP contribution in [0.3, 0.4) is 0 Å². The van der Waals surface area contributed by atoms with Crippen LogP contribution in [-0.4, -0.2) is 17.5 Å². The third-order valence-corrected chi connectivity index (χ3v) is 3.18. The van der Waals surface area contributed by atoms with Crippen molar-refractivity contribution in [2.75, 3.05) is 6.61 Å². The number of fused-ring (bicyclic) bond motifs is 1. The zero-order valence-corrected chi connectivity index (χ0v) is 8.53. The van der Waals surface area contributed by atoms with Gasteiger partial charge in [0.25, 0.3) is 0 Å². The molecule has 2 heterocycles. The lowest BCUT2D eigenvalue weighted by Crippen LogP contribution is -2.38. The molecule has 0 amide bonds. The first kappa shape index (κ1) is 9.04. The van der Waals surface area contributed by atoms with Gasteiger partial charge in [0.15, 0.2) is 0 Å². The molecule has 0 aromatic heterocycles. The molecule has 0 saturated carbocycles. The van der Waals surface area contributed by atoms with Gasteiger partial charge in [-0.1, -0.05) is 0 Å². The number of ether oxygens (including phenoxy) is 2. The van der Waals surface area contributed by atoms with E-state index in [2.05, 4.69) is 0 Å². The number of hydrogen-bond acceptors (Lipinski definition) is 3. The molecule has 1 N–H and O–H groups in total. The number of benzene rings is 1. The second-order valence-electron chi connectivity index (χ2n) is 4.26. The van der Waals surface area contributed by atoms with Crippen molar-refractivity contribution in [2.45, 2.75) is 31.5 Å². The fourth-order valence-corrected chi connectivity index (χ4v) is 2.39. The van der Waals surface area contributed by atoms with Crippen molar-refractivity contribution in [1.82, 2.24) is 0 Å². The van der Waals surface area contributed by atoms with Crippen molar-refractivity contribution >= 4 is 0 Å². The van der Waals surface area contributed by atoms with Gasteiger partial charge in [-0.25, -0.2) is 0 Å². The highest BCUT2D eigenvalue weighted by Crippen LogP contribution is 2.40. The van der Waals surface area contributed by atoms with Crippen LogP contribution < -0.4 is 4.74 Å². The Labute approximate surface area is 88.6 Å². The SMILES string of the molecule is Oc1ccc2c(c1)CCC1(CCCO1)O2. The van der Waals surface area contributed by atoms with Crippen molar-refractivity contribution in [3.8, 4) is 11.5 Å². The molecule has 1 aromatic rings. The van der Waals surface area contributed by atoms with Gasteiger partial charge in [-0.3, -0.25) is 0 Å². The molecule has 0 aliphatic carbocycles. The van der Waals surface area contributed by atoms with Crippen molar-refractivity contribution in [1.29, 1.82) is 0 Å². The molecule has 15 heavy (non-hydrogen) atoms. The van der Waals surface area contributed by atoms with E-state index in [0.29, 0.717) is 5.75 Å². The summed E-state index contributed by atoms with van der Waals surface area (Å²) in [5.74, 6) is 0.797. The summed E-state index contributed by atoms with van der Waals surface area (Å²) in [6.45, 7) is 0.799. The van der Waals surface area contributed by atoms with Crippen LogP contribution in [0.2, 0.25) is 0 Å². The zero-order chi connectivity index (χ0) is 10.3. The minimum absolute atomic E-state index is 0.306. The first-order chi connectivity index (χ1) is 7.27. The fraction of sp³-hybridized carbons (Fsp3) is 0.500. The van der Waals surface area contributed by atoms with Crippen LogP contribution >= 0.6 is 0 Å². The zero-order valence-electron chi connectivity index (χ0n) is 8.53. The maximum atomic E-state index is 9.36. The van der Waals surface area contributed by atoms with E-state index < -0.39 is 0 Å². The predicted octanol–water partition coefficient (Wildman–Crippen LogP) is 2.22. The molecule has 2 aliphatic rings. The van der Waals surface area contributed by atoms with Gasteiger partial charge in [0, 0.05) is 12.8 Å². The number of phenols is 1. The van der Waals surface area contributed by atoms with Crippen molar-refractivity contribution in [3.05, 3.63) is 23.8 Å². The highest BCUT2D eigenvalue weighted by molar-refractivity contribution is 5.41. The Hall–Kier alpha value is -1.22. The van der Waals surface area contributed by atoms with Gasteiger partial charge in [0.2, 0.25) is 5.79 Å². The van der Waals surface area contributed by atoms with E-state index in [1.807, 2.05) is 6.07 Å². The van der Waals surface area contributed by atoms with E-state index >= 15 is 0 Å². The molecule has 0 radical (unpaired) electrons. The number of rotatable bonds is 0. The molecule has 3 nitrogen and oxygen atoms in total. The summed E-state index contributed by atoms with van der Waals surface area (Å²) in [6.07, 6.45) is 3.87. The standard InChI is InChI=1S/C12H14O3/c13-10-2-3-11-9(8-10)4-6-12(15-11)5-1-7-14-12/h2-3,8,13H,1,4-7H2. The van der Waals surface area contributed by atoms with E-state index in [4.69, 9.17) is 9.47 Å². The number of aryl methyl sites for hydroxylation is 1. The number of aromatic hydroxyl groups is 1. The van der Waals surface area contributed by atoms with Crippen molar-refractivity contribution in [3.63, 3.8) is 0 Å². The molecule has 3 rings (SSSR count). The van der Waals surface area contributed by atoms with Crippen LogP contribution in [0.25, 0.3) is 0 Å². The van der Waals surface area contributed by atoms with Crippen LogP contribution in [-0.2, 0) is 11.2 Å². The van der Waals surface area contributed by atoms with E-state index in [1.165, 1.54) is 0 Å². The lowest BCUT2D eigenvalue weighted by atomic mass is 9.98. The normalized spacial score (nSPS) is 28.8. The molecular formula is C12H14O3. The first-order valence-corrected chi connectivity index (χ1v) is 5.42. The minimum Gasteiger partial charge on any atom is -0.508 e. The fourth-order valence-electron chi connectivity index (χ4n) is 2.39. The summed E-state index contributed by atoms with van der Waals surface area (Å²) in [4.78, 5) is 0. The molecule has 3 heteroatoms. The van der Waals surface area contributed by atoms with Crippen molar-refractivity contribution in [2.24, 2.45) is 0 Å². The van der Waals surface area contributed by atoms with Crippen LogP contribution in [0.15, 0.2) is 18.2 Å². The Balaban J connectivity index is 1.93. The summed E-state index contributed by atoms with van der Waals surface area (Å²) in [5.41, 5.74) is 1.08. The Kier molecular flexibility index (Phi) is 1.89. The van der Waals surface area contributed by atoms with E-state index in [1.54, 1.807) is 12.1 Å². The number of phenolic OH excluding ortho intramolecular Hbond substituents is 1. The molecule has 2 aliphatic heterocycles. The lowest BCUT2D eigenvalue weighted by Gasteiger charge is -2.34. The van der Waals surface area contributed by atoms with Crippen molar-refractivity contribution < 1.29 is 14.6 Å². The van der Waals surface area contributed by atoms with Gasteiger partial charge in [-0.2, -0.15) is 0 Å². The Morgan fingerprint density at radius 2 is 2.20 bits per heavy atom. The average Bonchev–Trinajstić information content (AvgIpc) is 2.67. The van der Waals surface area contributed by atoms with Crippen LogP contribution in [0, 0.1) is 0 Å². The maximum absolute atomic E-state index is 9.36. The Morgan fingerprint density at radius 1 is 1.27 bits per heavy atom. The molecule has 1 saturated heterocycles. The lowest BCUT2D eigenvalue weighted by molar-refractivity contribution is -0.160. The second kappa shape index (κ2) is 3.14. The van der Waals surface area contributed by atoms with E-state index in [-0.39, 0.29) is 5.79 Å². The molecule has 1 unspecified atom stereocenters. The molecule has 80 valence electrons. The summed E-state index contributed by atoms with van der Waals surface area (Å²) >= 11 is 0. The van der Waals surface area contributed by atoms with E-state index in [0.717, 1.165) is 43.6 Å². The van der Waals surface area contributed by atoms with E-state index in [9.17, 15) is 5.11 Å². The quantitative estimate of drug-likeness (QED) is 0.707. The van der Waals surface area contributed by atoms with Gasteiger partial charge in [0.1, 0.15) is 11.5 Å². The predicted molar refractivity (Wildman–Crippen MR) is 55.0 cm³/mol. The maximum Gasteiger partial charge on any atom is 0.210 e. The molecule has 1 fully saturated rings. The Morgan fingerprint density at radius 3 is 3.00 bits per heavy atom. The highest BCUT2D eigenvalue weighted by Gasteiger charge is 2.40.